The van der Waals surface area contributed by atoms with Crippen LogP contribution >= 0.6 is 22.6 Å². The molecule has 1 amide bonds. The molecular formula is C22H16IN3O2. The second-order valence-electron chi connectivity index (χ2n) is 5.83. The quantitative estimate of drug-likeness (QED) is 0.320. The number of hydrogen-bond donors (Lipinski definition) is 1. The van der Waals surface area contributed by atoms with Crippen LogP contribution in [0.15, 0.2) is 77.9 Å². The first-order chi connectivity index (χ1) is 13.7. The number of nitrogens with zero attached hydrogens (tertiary/aromatic N) is 2. The summed E-state index contributed by atoms with van der Waals surface area (Å²) in [4.78, 5) is 12.0. The van der Waals surface area contributed by atoms with Gasteiger partial charge in [0.1, 0.15) is 12.4 Å². The van der Waals surface area contributed by atoms with Crippen molar-refractivity contribution >= 4 is 34.7 Å². The molecular weight excluding hydrogens is 465 g/mol. The number of halogens is 1. The molecule has 3 rings (SSSR count). The van der Waals surface area contributed by atoms with E-state index in [4.69, 9.17) is 10.00 Å². The van der Waals surface area contributed by atoms with E-state index in [1.54, 1.807) is 24.4 Å². The van der Waals surface area contributed by atoms with E-state index in [2.05, 4.69) is 39.2 Å². The van der Waals surface area contributed by atoms with E-state index in [1.165, 1.54) is 0 Å². The number of ether oxygens (including phenoxy) is 1. The van der Waals surface area contributed by atoms with Gasteiger partial charge in [0.25, 0.3) is 5.91 Å². The summed E-state index contributed by atoms with van der Waals surface area (Å²) in [6.07, 6.45) is 1.57. The SMILES string of the molecule is N#Cc1ccccc1COc1ccc(/C=N\NC(=O)c2ccc(I)cc2)cc1. The maximum absolute atomic E-state index is 12.0. The van der Waals surface area contributed by atoms with E-state index < -0.39 is 0 Å². The minimum absolute atomic E-state index is 0.260. The van der Waals surface area contributed by atoms with Crippen LogP contribution in [0.1, 0.15) is 27.0 Å². The number of hydrazone groups is 1. The van der Waals surface area contributed by atoms with Crippen LogP contribution in [-0.4, -0.2) is 12.1 Å². The van der Waals surface area contributed by atoms with Gasteiger partial charge in [-0.3, -0.25) is 4.79 Å². The number of carbonyl (C=O) groups excluding carboxylic acids is 1. The molecule has 0 unspecified atom stereocenters. The fourth-order valence-corrected chi connectivity index (χ4v) is 2.76. The van der Waals surface area contributed by atoms with Crippen molar-refractivity contribution in [3.8, 4) is 11.8 Å². The van der Waals surface area contributed by atoms with Crippen LogP contribution in [0.5, 0.6) is 5.75 Å². The molecule has 0 spiro atoms. The van der Waals surface area contributed by atoms with Crippen LogP contribution in [0.25, 0.3) is 0 Å². The second kappa shape index (κ2) is 9.67. The normalized spacial score (nSPS) is 10.4. The Morgan fingerprint density at radius 3 is 2.50 bits per heavy atom. The first kappa shape index (κ1) is 19.6. The number of amides is 1. The van der Waals surface area contributed by atoms with Crippen molar-refractivity contribution in [3.05, 3.63) is 98.6 Å². The van der Waals surface area contributed by atoms with Crippen LogP contribution in [0.4, 0.5) is 0 Å². The number of rotatable bonds is 6. The van der Waals surface area contributed by atoms with Crippen molar-refractivity contribution in [1.29, 1.82) is 5.26 Å². The highest BCUT2D eigenvalue weighted by atomic mass is 127. The van der Waals surface area contributed by atoms with E-state index in [-0.39, 0.29) is 5.91 Å². The lowest BCUT2D eigenvalue weighted by atomic mass is 10.1. The number of nitriles is 1. The van der Waals surface area contributed by atoms with Gasteiger partial charge < -0.3 is 4.74 Å². The third-order valence-electron chi connectivity index (χ3n) is 3.90. The standard InChI is InChI=1S/C22H16IN3O2/c23-20-9-7-17(8-10-20)22(27)26-25-14-16-5-11-21(12-6-16)28-15-19-4-2-1-3-18(19)13-24/h1-12,14H,15H2,(H,26,27)/b25-14-. The smallest absolute Gasteiger partial charge is 0.271 e. The number of benzene rings is 3. The Morgan fingerprint density at radius 2 is 1.79 bits per heavy atom. The number of hydrogen-bond acceptors (Lipinski definition) is 4. The lowest BCUT2D eigenvalue weighted by molar-refractivity contribution is 0.0955. The summed E-state index contributed by atoms with van der Waals surface area (Å²) in [5.41, 5.74) is 5.34. The Labute approximate surface area is 176 Å². The fraction of sp³-hybridized carbons (Fsp3) is 0.0455. The Hall–Kier alpha value is -3.18. The molecule has 0 heterocycles. The molecule has 0 bridgehead atoms. The predicted molar refractivity (Wildman–Crippen MR) is 116 cm³/mol. The van der Waals surface area contributed by atoms with Gasteiger partial charge in [0.2, 0.25) is 0 Å². The molecule has 0 atom stereocenters. The van der Waals surface area contributed by atoms with Crippen molar-refractivity contribution in [3.63, 3.8) is 0 Å². The van der Waals surface area contributed by atoms with Gasteiger partial charge in [0.05, 0.1) is 17.8 Å². The molecule has 0 fully saturated rings. The molecule has 6 heteroatoms. The van der Waals surface area contributed by atoms with E-state index in [1.807, 2.05) is 54.6 Å². The van der Waals surface area contributed by atoms with E-state index >= 15 is 0 Å². The highest BCUT2D eigenvalue weighted by Crippen LogP contribution is 2.15. The Morgan fingerprint density at radius 1 is 1.07 bits per heavy atom. The highest BCUT2D eigenvalue weighted by Gasteiger charge is 2.04. The Kier molecular flexibility index (Phi) is 6.76. The molecule has 138 valence electrons. The third-order valence-corrected chi connectivity index (χ3v) is 4.62. The van der Waals surface area contributed by atoms with Gasteiger partial charge in [-0.2, -0.15) is 10.4 Å². The Balaban J connectivity index is 1.54. The van der Waals surface area contributed by atoms with Crippen molar-refractivity contribution in [2.24, 2.45) is 5.10 Å². The van der Waals surface area contributed by atoms with Gasteiger partial charge in [-0.1, -0.05) is 18.2 Å². The molecule has 0 saturated carbocycles. The minimum Gasteiger partial charge on any atom is -0.489 e. The zero-order valence-electron chi connectivity index (χ0n) is 14.8. The van der Waals surface area contributed by atoms with Gasteiger partial charge >= 0.3 is 0 Å². The monoisotopic (exact) mass is 481 g/mol. The van der Waals surface area contributed by atoms with E-state index in [0.717, 1.165) is 14.7 Å². The lowest BCUT2D eigenvalue weighted by Crippen LogP contribution is -2.17. The summed E-state index contributed by atoms with van der Waals surface area (Å²) < 4.78 is 6.80. The number of nitrogens with one attached hydrogen (secondary N) is 1. The predicted octanol–water partition coefficient (Wildman–Crippen LogP) is 4.51. The zero-order valence-corrected chi connectivity index (χ0v) is 17.0. The molecule has 0 radical (unpaired) electrons. The van der Waals surface area contributed by atoms with Gasteiger partial charge in [-0.05, 0) is 82.8 Å². The molecule has 1 N–H and O–H groups in total. The molecule has 28 heavy (non-hydrogen) atoms. The lowest BCUT2D eigenvalue weighted by Gasteiger charge is -2.07. The third kappa shape index (κ3) is 5.41. The van der Waals surface area contributed by atoms with Crippen LogP contribution in [-0.2, 0) is 6.61 Å². The zero-order chi connectivity index (χ0) is 19.8. The summed E-state index contributed by atoms with van der Waals surface area (Å²) >= 11 is 2.19. The van der Waals surface area contributed by atoms with Crippen LogP contribution in [0.2, 0.25) is 0 Å². The average Bonchev–Trinajstić information content (AvgIpc) is 2.73. The molecule has 0 aromatic heterocycles. The first-order valence-corrected chi connectivity index (χ1v) is 9.53. The van der Waals surface area contributed by atoms with Gasteiger partial charge in [-0.25, -0.2) is 5.43 Å². The maximum atomic E-state index is 12.0. The topological polar surface area (TPSA) is 74.5 Å². The van der Waals surface area contributed by atoms with Crippen LogP contribution in [0.3, 0.4) is 0 Å². The summed E-state index contributed by atoms with van der Waals surface area (Å²) in [6, 6.07) is 24.1. The molecule has 3 aromatic rings. The van der Waals surface area contributed by atoms with Crippen molar-refractivity contribution in [1.82, 2.24) is 5.43 Å². The first-order valence-electron chi connectivity index (χ1n) is 8.45. The summed E-state index contributed by atoms with van der Waals surface area (Å²) in [6.45, 7) is 0.323. The second-order valence-corrected chi connectivity index (χ2v) is 7.08. The van der Waals surface area contributed by atoms with Crippen molar-refractivity contribution in [2.75, 3.05) is 0 Å². The molecule has 5 nitrogen and oxygen atoms in total. The number of carbonyl (C=O) groups is 1. The van der Waals surface area contributed by atoms with Gasteiger partial charge in [-0.15, -0.1) is 0 Å². The van der Waals surface area contributed by atoms with E-state index in [9.17, 15) is 4.79 Å². The maximum Gasteiger partial charge on any atom is 0.271 e. The molecule has 0 aliphatic carbocycles. The van der Waals surface area contributed by atoms with Crippen molar-refractivity contribution < 1.29 is 9.53 Å². The molecule has 0 aliphatic rings. The summed E-state index contributed by atoms with van der Waals surface area (Å²) in [5.74, 6) is 0.427. The fourth-order valence-electron chi connectivity index (χ4n) is 2.40. The van der Waals surface area contributed by atoms with Gasteiger partial charge in [0, 0.05) is 14.7 Å². The summed E-state index contributed by atoms with van der Waals surface area (Å²) in [7, 11) is 0. The largest absolute Gasteiger partial charge is 0.489 e. The summed E-state index contributed by atoms with van der Waals surface area (Å²) in [5, 5.41) is 13.1. The minimum atomic E-state index is -0.260. The molecule has 3 aromatic carbocycles. The van der Waals surface area contributed by atoms with Crippen LogP contribution < -0.4 is 10.2 Å². The van der Waals surface area contributed by atoms with E-state index in [0.29, 0.717) is 23.5 Å². The van der Waals surface area contributed by atoms with Crippen LogP contribution in [0, 0.1) is 14.9 Å². The van der Waals surface area contributed by atoms with Gasteiger partial charge in [0.15, 0.2) is 0 Å². The molecule has 0 saturated heterocycles. The molecule has 0 aliphatic heterocycles. The average molecular weight is 481 g/mol. The Bertz CT molecular complexity index is 1020. The van der Waals surface area contributed by atoms with Crippen molar-refractivity contribution in [2.45, 2.75) is 6.61 Å². The highest BCUT2D eigenvalue weighted by molar-refractivity contribution is 14.1.